The normalized spacial score (nSPS) is 11.6. The van der Waals surface area contributed by atoms with Gasteiger partial charge in [-0.2, -0.15) is 0 Å². The SMILES string of the molecule is COc1cccc2c(O)c(C(=O)C(C)(C)C)ccc12. The molecule has 0 aliphatic rings. The Kier molecular flexibility index (Phi) is 3.23. The van der Waals surface area contributed by atoms with E-state index in [2.05, 4.69) is 0 Å². The molecule has 19 heavy (non-hydrogen) atoms. The largest absolute Gasteiger partial charge is 0.507 e. The number of hydrogen-bond acceptors (Lipinski definition) is 3. The summed E-state index contributed by atoms with van der Waals surface area (Å²) in [6.07, 6.45) is 0. The second-order valence-corrected chi connectivity index (χ2v) is 5.60. The second-order valence-electron chi connectivity index (χ2n) is 5.60. The first-order valence-electron chi connectivity index (χ1n) is 6.19. The van der Waals surface area contributed by atoms with Gasteiger partial charge in [0.1, 0.15) is 11.5 Å². The number of ether oxygens (including phenoxy) is 1. The van der Waals surface area contributed by atoms with Crippen molar-refractivity contribution >= 4 is 16.6 Å². The van der Waals surface area contributed by atoms with Crippen LogP contribution in [-0.4, -0.2) is 18.0 Å². The van der Waals surface area contributed by atoms with Gasteiger partial charge in [0.05, 0.1) is 12.7 Å². The summed E-state index contributed by atoms with van der Waals surface area (Å²) in [6.45, 7) is 5.51. The number of benzene rings is 2. The second kappa shape index (κ2) is 4.57. The van der Waals surface area contributed by atoms with E-state index in [-0.39, 0.29) is 11.5 Å². The minimum atomic E-state index is -0.524. The molecule has 0 saturated heterocycles. The molecule has 1 N–H and O–H groups in total. The Morgan fingerprint density at radius 2 is 1.79 bits per heavy atom. The molecule has 0 aliphatic heterocycles. The van der Waals surface area contributed by atoms with Gasteiger partial charge in [0.15, 0.2) is 5.78 Å². The highest BCUT2D eigenvalue weighted by atomic mass is 16.5. The number of fused-ring (bicyclic) bond motifs is 1. The molecule has 100 valence electrons. The first-order valence-corrected chi connectivity index (χ1v) is 6.19. The Balaban J connectivity index is 2.69. The predicted molar refractivity (Wildman–Crippen MR) is 76.0 cm³/mol. The molecule has 0 aliphatic carbocycles. The average Bonchev–Trinajstić information content (AvgIpc) is 2.37. The number of Topliss-reactive ketones (excluding diaryl/α,β-unsaturated/α-hetero) is 1. The lowest BCUT2D eigenvalue weighted by Crippen LogP contribution is -2.20. The number of carbonyl (C=O) groups is 1. The van der Waals surface area contributed by atoms with E-state index >= 15 is 0 Å². The molecule has 2 aromatic carbocycles. The molecule has 0 heterocycles. The highest BCUT2D eigenvalue weighted by molar-refractivity contribution is 6.07. The number of phenolic OH excluding ortho intramolecular Hbond substituents is 1. The molecule has 0 aromatic heterocycles. The third-order valence-corrected chi connectivity index (χ3v) is 3.14. The minimum Gasteiger partial charge on any atom is -0.507 e. The van der Waals surface area contributed by atoms with Crippen LogP contribution in [0, 0.1) is 5.41 Å². The van der Waals surface area contributed by atoms with Gasteiger partial charge in [-0.1, -0.05) is 32.9 Å². The van der Waals surface area contributed by atoms with Crippen LogP contribution >= 0.6 is 0 Å². The maximum atomic E-state index is 12.3. The lowest BCUT2D eigenvalue weighted by atomic mass is 9.85. The summed E-state index contributed by atoms with van der Waals surface area (Å²) in [4.78, 5) is 12.3. The van der Waals surface area contributed by atoms with Gasteiger partial charge in [-0.05, 0) is 18.2 Å². The van der Waals surface area contributed by atoms with Crippen molar-refractivity contribution in [3.05, 3.63) is 35.9 Å². The van der Waals surface area contributed by atoms with Gasteiger partial charge in [0.2, 0.25) is 0 Å². The van der Waals surface area contributed by atoms with Gasteiger partial charge in [-0.15, -0.1) is 0 Å². The molecular weight excluding hydrogens is 240 g/mol. The summed E-state index contributed by atoms with van der Waals surface area (Å²) in [6, 6.07) is 8.88. The third-order valence-electron chi connectivity index (χ3n) is 3.14. The van der Waals surface area contributed by atoms with Crippen molar-refractivity contribution in [2.45, 2.75) is 20.8 Å². The van der Waals surface area contributed by atoms with Crippen LogP contribution in [0.5, 0.6) is 11.5 Å². The zero-order valence-corrected chi connectivity index (χ0v) is 11.7. The van der Waals surface area contributed by atoms with Crippen LogP contribution in [0.4, 0.5) is 0 Å². The molecule has 0 spiro atoms. The van der Waals surface area contributed by atoms with Gasteiger partial charge in [0, 0.05) is 16.2 Å². The van der Waals surface area contributed by atoms with E-state index in [1.807, 2.05) is 32.9 Å². The van der Waals surface area contributed by atoms with Gasteiger partial charge >= 0.3 is 0 Å². The Bertz CT molecular complexity index is 636. The van der Waals surface area contributed by atoms with Crippen molar-refractivity contribution in [1.82, 2.24) is 0 Å². The highest BCUT2D eigenvalue weighted by Gasteiger charge is 2.26. The van der Waals surface area contributed by atoms with Crippen LogP contribution in [0.2, 0.25) is 0 Å². The van der Waals surface area contributed by atoms with Crippen molar-refractivity contribution in [3.8, 4) is 11.5 Å². The third kappa shape index (κ3) is 2.28. The smallest absolute Gasteiger partial charge is 0.171 e. The summed E-state index contributed by atoms with van der Waals surface area (Å²) < 4.78 is 5.25. The number of hydrogen-bond donors (Lipinski definition) is 1. The van der Waals surface area contributed by atoms with Crippen molar-refractivity contribution in [1.29, 1.82) is 0 Å². The van der Waals surface area contributed by atoms with E-state index in [1.165, 1.54) is 0 Å². The fraction of sp³-hybridized carbons (Fsp3) is 0.312. The number of phenols is 1. The standard InChI is InChI=1S/C16H18O3/c1-16(2,3)15(18)12-9-8-10-11(14(12)17)6-5-7-13(10)19-4/h5-9,17H,1-4H3. The van der Waals surface area contributed by atoms with Crippen molar-refractivity contribution in [2.75, 3.05) is 7.11 Å². The molecule has 0 fully saturated rings. The first-order chi connectivity index (χ1) is 8.86. The number of ketones is 1. The molecule has 0 saturated carbocycles. The van der Waals surface area contributed by atoms with Crippen LogP contribution in [-0.2, 0) is 0 Å². The molecular formula is C16H18O3. The monoisotopic (exact) mass is 258 g/mol. The van der Waals surface area contributed by atoms with E-state index < -0.39 is 5.41 Å². The fourth-order valence-corrected chi connectivity index (χ4v) is 2.08. The van der Waals surface area contributed by atoms with Crippen LogP contribution in [0.3, 0.4) is 0 Å². The topological polar surface area (TPSA) is 46.5 Å². The molecule has 0 bridgehead atoms. The quantitative estimate of drug-likeness (QED) is 0.834. The van der Waals surface area contributed by atoms with E-state index in [9.17, 15) is 9.90 Å². The van der Waals surface area contributed by atoms with Crippen LogP contribution in [0.15, 0.2) is 30.3 Å². The Labute approximate surface area is 112 Å². The van der Waals surface area contributed by atoms with Crippen molar-refractivity contribution in [3.63, 3.8) is 0 Å². The molecule has 2 aromatic rings. The fourth-order valence-electron chi connectivity index (χ4n) is 2.08. The zero-order valence-electron chi connectivity index (χ0n) is 11.7. The van der Waals surface area contributed by atoms with Crippen LogP contribution in [0.1, 0.15) is 31.1 Å². The minimum absolute atomic E-state index is 0.0244. The van der Waals surface area contributed by atoms with Crippen molar-refractivity contribution < 1.29 is 14.6 Å². The molecule has 2 rings (SSSR count). The van der Waals surface area contributed by atoms with Gasteiger partial charge < -0.3 is 9.84 Å². The maximum absolute atomic E-state index is 12.3. The number of rotatable bonds is 2. The number of aromatic hydroxyl groups is 1. The summed E-state index contributed by atoms with van der Waals surface area (Å²) >= 11 is 0. The Morgan fingerprint density at radius 1 is 1.11 bits per heavy atom. The Hall–Kier alpha value is -2.03. The van der Waals surface area contributed by atoms with E-state index in [0.717, 1.165) is 5.39 Å². The zero-order chi connectivity index (χ0) is 14.2. The van der Waals surface area contributed by atoms with Crippen molar-refractivity contribution in [2.24, 2.45) is 5.41 Å². The van der Waals surface area contributed by atoms with Gasteiger partial charge in [0.25, 0.3) is 0 Å². The van der Waals surface area contributed by atoms with Gasteiger partial charge in [-0.3, -0.25) is 4.79 Å². The summed E-state index contributed by atoms with van der Waals surface area (Å²) in [7, 11) is 1.58. The van der Waals surface area contributed by atoms with E-state index in [0.29, 0.717) is 16.7 Å². The molecule has 0 atom stereocenters. The average molecular weight is 258 g/mol. The molecule has 0 radical (unpaired) electrons. The van der Waals surface area contributed by atoms with Crippen LogP contribution in [0.25, 0.3) is 10.8 Å². The van der Waals surface area contributed by atoms with E-state index in [4.69, 9.17) is 4.74 Å². The summed E-state index contributed by atoms with van der Waals surface area (Å²) in [5.74, 6) is 0.633. The lowest BCUT2D eigenvalue weighted by molar-refractivity contribution is 0.0855. The molecule has 0 unspecified atom stereocenters. The first kappa shape index (κ1) is 13.4. The molecule has 0 amide bonds. The molecule has 3 nitrogen and oxygen atoms in total. The van der Waals surface area contributed by atoms with Gasteiger partial charge in [-0.25, -0.2) is 0 Å². The Morgan fingerprint density at radius 3 is 2.37 bits per heavy atom. The summed E-state index contributed by atoms with van der Waals surface area (Å²) in [5, 5.41) is 11.8. The highest BCUT2D eigenvalue weighted by Crippen LogP contribution is 2.36. The summed E-state index contributed by atoms with van der Waals surface area (Å²) in [5.41, 5.74) is -0.169. The van der Waals surface area contributed by atoms with E-state index in [1.54, 1.807) is 25.3 Å². The lowest BCUT2D eigenvalue weighted by Gasteiger charge is -2.18. The van der Waals surface area contributed by atoms with Crippen LogP contribution < -0.4 is 4.74 Å². The number of methoxy groups -OCH3 is 1. The predicted octanol–water partition coefficient (Wildman–Crippen LogP) is 3.78. The maximum Gasteiger partial charge on any atom is 0.171 e. The molecule has 3 heteroatoms. The number of carbonyl (C=O) groups excluding carboxylic acids is 1.